The summed E-state index contributed by atoms with van der Waals surface area (Å²) in [6.07, 6.45) is 1.23. The average molecular weight is 359 g/mol. The quantitative estimate of drug-likeness (QED) is 0.861. The van der Waals surface area contributed by atoms with Crippen molar-refractivity contribution in [3.8, 4) is 0 Å². The van der Waals surface area contributed by atoms with Crippen molar-refractivity contribution in [2.45, 2.75) is 33.2 Å². The number of hydrogen-bond donors (Lipinski definition) is 1. The van der Waals surface area contributed by atoms with Gasteiger partial charge in [0, 0.05) is 31.4 Å². The molecule has 134 valence electrons. The van der Waals surface area contributed by atoms with Crippen molar-refractivity contribution in [2.75, 3.05) is 31.6 Å². The van der Waals surface area contributed by atoms with Crippen LogP contribution in [0, 0.1) is 13.8 Å². The summed E-state index contributed by atoms with van der Waals surface area (Å²) >= 11 is 1.49. The minimum Gasteiger partial charge on any atom is -0.379 e. The summed E-state index contributed by atoms with van der Waals surface area (Å²) < 4.78 is 5.36. The second kappa shape index (κ2) is 8.56. The monoisotopic (exact) mass is 359 g/mol. The van der Waals surface area contributed by atoms with Crippen LogP contribution in [0.5, 0.6) is 0 Å². The Morgan fingerprint density at radius 1 is 1.32 bits per heavy atom. The molecule has 1 N–H and O–H groups in total. The number of ether oxygens (including phenoxy) is 1. The topological polar surface area (TPSA) is 54.5 Å². The summed E-state index contributed by atoms with van der Waals surface area (Å²) in [7, 11) is 0. The van der Waals surface area contributed by atoms with E-state index in [0.717, 1.165) is 45.0 Å². The number of carbonyl (C=O) groups is 1. The van der Waals surface area contributed by atoms with Crippen LogP contribution in [0.4, 0.5) is 5.13 Å². The molecule has 5 nitrogen and oxygen atoms in total. The first-order valence-corrected chi connectivity index (χ1v) is 9.58. The van der Waals surface area contributed by atoms with Crippen molar-refractivity contribution in [3.63, 3.8) is 0 Å². The molecular weight excluding hydrogens is 334 g/mol. The summed E-state index contributed by atoms with van der Waals surface area (Å²) in [4.78, 5) is 19.0. The van der Waals surface area contributed by atoms with E-state index >= 15 is 0 Å². The smallest absolute Gasteiger partial charge is 0.226 e. The van der Waals surface area contributed by atoms with Gasteiger partial charge in [0.2, 0.25) is 5.91 Å². The largest absolute Gasteiger partial charge is 0.379 e. The maximum Gasteiger partial charge on any atom is 0.226 e. The molecule has 0 atom stereocenters. The van der Waals surface area contributed by atoms with Crippen LogP contribution < -0.4 is 5.32 Å². The van der Waals surface area contributed by atoms with Crippen LogP contribution in [-0.4, -0.2) is 42.1 Å². The SMILES string of the molecule is Cc1ccc(CCC(=O)Nc2nc(CN3CCOCC3)cs2)c(C)c1. The number of morpholine rings is 1. The van der Waals surface area contributed by atoms with Gasteiger partial charge in [-0.25, -0.2) is 4.98 Å². The molecule has 0 bridgehead atoms. The summed E-state index contributed by atoms with van der Waals surface area (Å²) in [5.74, 6) is 0.0206. The maximum absolute atomic E-state index is 12.2. The van der Waals surface area contributed by atoms with E-state index in [1.54, 1.807) is 0 Å². The molecule has 1 aromatic carbocycles. The van der Waals surface area contributed by atoms with Gasteiger partial charge in [-0.3, -0.25) is 9.69 Å². The minimum atomic E-state index is 0.0206. The number of nitrogens with one attached hydrogen (secondary N) is 1. The molecule has 1 saturated heterocycles. The molecule has 2 aromatic rings. The number of amides is 1. The number of nitrogens with zero attached hydrogens (tertiary/aromatic N) is 2. The number of benzene rings is 1. The number of thiazole rings is 1. The van der Waals surface area contributed by atoms with Gasteiger partial charge in [-0.15, -0.1) is 11.3 Å². The van der Waals surface area contributed by atoms with Gasteiger partial charge in [0.15, 0.2) is 5.13 Å². The molecule has 0 spiro atoms. The molecule has 0 saturated carbocycles. The molecule has 1 amide bonds. The Bertz CT molecular complexity index is 723. The van der Waals surface area contributed by atoms with Crippen molar-refractivity contribution >= 4 is 22.4 Å². The Labute approximate surface area is 153 Å². The highest BCUT2D eigenvalue weighted by Gasteiger charge is 2.13. The number of hydrogen-bond acceptors (Lipinski definition) is 5. The van der Waals surface area contributed by atoms with E-state index < -0.39 is 0 Å². The number of aryl methyl sites for hydroxylation is 3. The van der Waals surface area contributed by atoms with E-state index in [4.69, 9.17) is 4.74 Å². The third-order valence-electron chi connectivity index (χ3n) is 4.41. The van der Waals surface area contributed by atoms with E-state index in [-0.39, 0.29) is 5.91 Å². The predicted molar refractivity (Wildman–Crippen MR) is 101 cm³/mol. The van der Waals surface area contributed by atoms with Crippen molar-refractivity contribution in [2.24, 2.45) is 0 Å². The first-order valence-electron chi connectivity index (χ1n) is 8.70. The van der Waals surface area contributed by atoms with Gasteiger partial charge in [-0.05, 0) is 31.4 Å². The van der Waals surface area contributed by atoms with Crippen molar-refractivity contribution in [1.29, 1.82) is 0 Å². The highest BCUT2D eigenvalue weighted by Crippen LogP contribution is 2.18. The second-order valence-corrected chi connectivity index (χ2v) is 7.37. The Hall–Kier alpha value is -1.76. The third kappa shape index (κ3) is 5.36. The van der Waals surface area contributed by atoms with E-state index in [1.165, 1.54) is 28.0 Å². The van der Waals surface area contributed by atoms with Gasteiger partial charge in [-0.1, -0.05) is 23.8 Å². The summed E-state index contributed by atoms with van der Waals surface area (Å²) in [6.45, 7) is 8.44. The fourth-order valence-electron chi connectivity index (χ4n) is 2.98. The third-order valence-corrected chi connectivity index (χ3v) is 5.21. The zero-order valence-corrected chi connectivity index (χ0v) is 15.7. The lowest BCUT2D eigenvalue weighted by Gasteiger charge is -2.25. The standard InChI is InChI=1S/C19H25N3O2S/c1-14-3-4-16(15(2)11-14)5-6-18(23)21-19-20-17(13-25-19)12-22-7-9-24-10-8-22/h3-4,11,13H,5-10,12H2,1-2H3,(H,20,21,23). The zero-order chi connectivity index (χ0) is 17.6. The Morgan fingerprint density at radius 2 is 2.12 bits per heavy atom. The van der Waals surface area contributed by atoms with Crippen LogP contribution in [-0.2, 0) is 22.5 Å². The molecule has 1 aromatic heterocycles. The molecule has 1 fully saturated rings. The zero-order valence-electron chi connectivity index (χ0n) is 14.9. The van der Waals surface area contributed by atoms with Crippen LogP contribution in [0.2, 0.25) is 0 Å². The van der Waals surface area contributed by atoms with Gasteiger partial charge in [0.05, 0.1) is 18.9 Å². The lowest BCUT2D eigenvalue weighted by atomic mass is 10.0. The number of anilines is 1. The first-order chi connectivity index (χ1) is 12.1. The molecule has 6 heteroatoms. The molecule has 1 aliphatic rings. The fraction of sp³-hybridized carbons (Fsp3) is 0.474. The number of carbonyl (C=O) groups excluding carboxylic acids is 1. The lowest BCUT2D eigenvalue weighted by Crippen LogP contribution is -2.35. The predicted octanol–water partition coefficient (Wildman–Crippen LogP) is 3.16. The molecule has 3 rings (SSSR count). The minimum absolute atomic E-state index is 0.0206. The molecule has 25 heavy (non-hydrogen) atoms. The van der Waals surface area contributed by atoms with Gasteiger partial charge in [0.25, 0.3) is 0 Å². The average Bonchev–Trinajstić information content (AvgIpc) is 3.02. The number of rotatable bonds is 6. The normalized spacial score (nSPS) is 15.3. The van der Waals surface area contributed by atoms with Crippen LogP contribution in [0.15, 0.2) is 23.6 Å². The van der Waals surface area contributed by atoms with Crippen LogP contribution in [0.1, 0.15) is 28.8 Å². The van der Waals surface area contributed by atoms with Crippen molar-refractivity contribution < 1.29 is 9.53 Å². The van der Waals surface area contributed by atoms with Gasteiger partial charge >= 0.3 is 0 Å². The molecule has 1 aliphatic heterocycles. The van der Waals surface area contributed by atoms with Crippen LogP contribution in [0.25, 0.3) is 0 Å². The van der Waals surface area contributed by atoms with Gasteiger partial charge in [0.1, 0.15) is 0 Å². The van der Waals surface area contributed by atoms with E-state index in [0.29, 0.717) is 11.6 Å². The van der Waals surface area contributed by atoms with Crippen LogP contribution >= 0.6 is 11.3 Å². The van der Waals surface area contributed by atoms with E-state index in [1.807, 2.05) is 5.38 Å². The maximum atomic E-state index is 12.2. The lowest BCUT2D eigenvalue weighted by molar-refractivity contribution is -0.116. The van der Waals surface area contributed by atoms with Crippen LogP contribution in [0.3, 0.4) is 0 Å². The summed E-state index contributed by atoms with van der Waals surface area (Å²) in [5, 5.41) is 5.64. The fourth-order valence-corrected chi connectivity index (χ4v) is 3.70. The molecule has 0 aliphatic carbocycles. The molecule has 0 unspecified atom stereocenters. The second-order valence-electron chi connectivity index (χ2n) is 6.51. The molecule has 0 radical (unpaired) electrons. The Kier molecular flexibility index (Phi) is 6.18. The Balaban J connectivity index is 1.47. The van der Waals surface area contributed by atoms with Crippen molar-refractivity contribution in [1.82, 2.24) is 9.88 Å². The number of aromatic nitrogens is 1. The highest BCUT2D eigenvalue weighted by atomic mass is 32.1. The highest BCUT2D eigenvalue weighted by molar-refractivity contribution is 7.13. The van der Waals surface area contributed by atoms with E-state index in [9.17, 15) is 4.79 Å². The van der Waals surface area contributed by atoms with E-state index in [2.05, 4.69) is 47.2 Å². The molecular formula is C19H25N3O2S. The summed E-state index contributed by atoms with van der Waals surface area (Å²) in [5.41, 5.74) is 4.74. The van der Waals surface area contributed by atoms with Gasteiger partial charge in [-0.2, -0.15) is 0 Å². The summed E-state index contributed by atoms with van der Waals surface area (Å²) in [6, 6.07) is 6.37. The molecule has 2 heterocycles. The van der Waals surface area contributed by atoms with Crippen molar-refractivity contribution in [3.05, 3.63) is 46.0 Å². The van der Waals surface area contributed by atoms with Gasteiger partial charge < -0.3 is 10.1 Å². The first kappa shape index (κ1) is 18.0. The Morgan fingerprint density at radius 3 is 2.88 bits per heavy atom.